The highest BCUT2D eigenvalue weighted by atomic mass is 16.2. The zero-order chi connectivity index (χ0) is 13.9. The lowest BCUT2D eigenvalue weighted by Gasteiger charge is -2.24. The highest BCUT2D eigenvalue weighted by Gasteiger charge is 2.20. The van der Waals surface area contributed by atoms with Crippen LogP contribution < -0.4 is 4.90 Å². The summed E-state index contributed by atoms with van der Waals surface area (Å²) in [6, 6.07) is 8.18. The van der Waals surface area contributed by atoms with Crippen LogP contribution in [-0.4, -0.2) is 17.9 Å². The van der Waals surface area contributed by atoms with Crippen molar-refractivity contribution in [2.24, 2.45) is 5.92 Å². The molecule has 0 aliphatic heterocycles. The number of amides is 1. The summed E-state index contributed by atoms with van der Waals surface area (Å²) in [4.78, 5) is 17.4. The van der Waals surface area contributed by atoms with Crippen LogP contribution in [-0.2, 0) is 4.79 Å². The number of H-pyrrole nitrogens is 1. The van der Waals surface area contributed by atoms with Gasteiger partial charge in [0.1, 0.15) is 0 Å². The minimum Gasteiger partial charge on any atom is -0.361 e. The van der Waals surface area contributed by atoms with E-state index in [1.165, 1.54) is 37.5 Å². The van der Waals surface area contributed by atoms with Crippen molar-refractivity contribution in [2.45, 2.75) is 38.5 Å². The van der Waals surface area contributed by atoms with Crippen LogP contribution in [0.5, 0.6) is 0 Å². The molecule has 20 heavy (non-hydrogen) atoms. The Bertz CT molecular complexity index is 596. The fraction of sp³-hybridized carbons (Fsp3) is 0.471. The summed E-state index contributed by atoms with van der Waals surface area (Å²) >= 11 is 0. The highest BCUT2D eigenvalue weighted by molar-refractivity contribution is 5.95. The molecule has 0 spiro atoms. The van der Waals surface area contributed by atoms with Gasteiger partial charge in [-0.1, -0.05) is 25.3 Å². The van der Waals surface area contributed by atoms with Crippen LogP contribution in [0.2, 0.25) is 0 Å². The number of hydrogen-bond acceptors (Lipinski definition) is 1. The van der Waals surface area contributed by atoms with E-state index in [2.05, 4.69) is 11.1 Å². The number of anilines is 1. The van der Waals surface area contributed by atoms with Crippen molar-refractivity contribution >= 4 is 22.5 Å². The lowest BCUT2D eigenvalue weighted by Crippen LogP contribution is -2.28. The first-order valence-corrected chi connectivity index (χ1v) is 7.58. The summed E-state index contributed by atoms with van der Waals surface area (Å²) in [6.45, 7) is 0. The standard InChI is InChI=1S/C17H22N2O/c1-19(17(20)11-13-5-3-2-4-6-13)15-8-7-14-9-10-18-16(14)12-15/h7-10,12-13,18H,2-6,11H2,1H3. The molecule has 0 saturated heterocycles. The first kappa shape index (κ1) is 13.2. The number of hydrogen-bond donors (Lipinski definition) is 1. The van der Waals surface area contributed by atoms with Crippen LogP contribution in [0.15, 0.2) is 30.5 Å². The second-order valence-corrected chi connectivity index (χ2v) is 5.91. The van der Waals surface area contributed by atoms with E-state index in [0.717, 1.165) is 11.2 Å². The van der Waals surface area contributed by atoms with E-state index < -0.39 is 0 Å². The van der Waals surface area contributed by atoms with Gasteiger partial charge in [0.2, 0.25) is 5.91 Å². The van der Waals surface area contributed by atoms with E-state index in [-0.39, 0.29) is 5.91 Å². The Hall–Kier alpha value is -1.77. The third kappa shape index (κ3) is 2.72. The van der Waals surface area contributed by atoms with Gasteiger partial charge in [0.15, 0.2) is 0 Å². The van der Waals surface area contributed by atoms with Crippen molar-refractivity contribution in [3.8, 4) is 0 Å². The average Bonchev–Trinajstić information content (AvgIpc) is 2.94. The number of carbonyl (C=O) groups is 1. The average molecular weight is 270 g/mol. The number of aromatic nitrogens is 1. The molecule has 2 aromatic rings. The van der Waals surface area contributed by atoms with Crippen LogP contribution in [0.3, 0.4) is 0 Å². The Morgan fingerprint density at radius 3 is 2.85 bits per heavy atom. The van der Waals surface area contributed by atoms with Crippen LogP contribution in [0.4, 0.5) is 5.69 Å². The maximum Gasteiger partial charge on any atom is 0.226 e. The second-order valence-electron chi connectivity index (χ2n) is 5.91. The smallest absolute Gasteiger partial charge is 0.226 e. The third-order valence-corrected chi connectivity index (χ3v) is 4.49. The summed E-state index contributed by atoms with van der Waals surface area (Å²) in [7, 11) is 1.88. The molecule has 0 unspecified atom stereocenters. The van der Waals surface area contributed by atoms with E-state index in [4.69, 9.17) is 0 Å². The van der Waals surface area contributed by atoms with Crippen molar-refractivity contribution in [3.05, 3.63) is 30.5 Å². The van der Waals surface area contributed by atoms with Crippen molar-refractivity contribution in [3.63, 3.8) is 0 Å². The molecule has 3 heteroatoms. The first-order chi connectivity index (χ1) is 9.74. The van der Waals surface area contributed by atoms with Crippen molar-refractivity contribution < 1.29 is 4.79 Å². The number of aromatic amines is 1. The summed E-state index contributed by atoms with van der Waals surface area (Å²) in [5, 5.41) is 1.18. The predicted octanol–water partition coefficient (Wildman–Crippen LogP) is 4.10. The molecule has 0 atom stereocenters. The minimum atomic E-state index is 0.239. The lowest BCUT2D eigenvalue weighted by atomic mass is 9.86. The van der Waals surface area contributed by atoms with E-state index in [1.54, 1.807) is 4.90 Å². The third-order valence-electron chi connectivity index (χ3n) is 4.49. The summed E-state index contributed by atoms with van der Waals surface area (Å²) in [6.07, 6.45) is 8.97. The molecule has 1 amide bonds. The summed E-state index contributed by atoms with van der Waals surface area (Å²) < 4.78 is 0. The van der Waals surface area contributed by atoms with Gasteiger partial charge in [-0.15, -0.1) is 0 Å². The largest absolute Gasteiger partial charge is 0.361 e. The maximum atomic E-state index is 12.4. The number of fused-ring (bicyclic) bond motifs is 1. The maximum absolute atomic E-state index is 12.4. The second kappa shape index (κ2) is 5.70. The molecular formula is C17H22N2O. The van der Waals surface area contributed by atoms with Crippen LogP contribution in [0, 0.1) is 5.92 Å². The summed E-state index contributed by atoms with van der Waals surface area (Å²) in [5.41, 5.74) is 2.06. The first-order valence-electron chi connectivity index (χ1n) is 7.58. The molecule has 1 fully saturated rings. The number of rotatable bonds is 3. The van der Waals surface area contributed by atoms with Gasteiger partial charge >= 0.3 is 0 Å². The molecule has 1 aromatic heterocycles. The molecule has 1 heterocycles. The molecule has 3 rings (SSSR count). The van der Waals surface area contributed by atoms with Crippen LogP contribution >= 0.6 is 0 Å². The Morgan fingerprint density at radius 1 is 1.25 bits per heavy atom. The van der Waals surface area contributed by atoms with Crippen LogP contribution in [0.25, 0.3) is 10.9 Å². The topological polar surface area (TPSA) is 36.1 Å². The zero-order valence-corrected chi connectivity index (χ0v) is 12.1. The molecule has 1 aliphatic rings. The molecule has 1 N–H and O–H groups in total. The fourth-order valence-electron chi connectivity index (χ4n) is 3.16. The normalized spacial score (nSPS) is 16.4. The number of nitrogens with zero attached hydrogens (tertiary/aromatic N) is 1. The van der Waals surface area contributed by atoms with Gasteiger partial charge in [-0.05, 0) is 42.3 Å². The number of carbonyl (C=O) groups excluding carboxylic acids is 1. The molecule has 1 aliphatic carbocycles. The summed E-state index contributed by atoms with van der Waals surface area (Å²) in [5.74, 6) is 0.829. The Labute approximate surface area is 120 Å². The van der Waals surface area contributed by atoms with E-state index in [9.17, 15) is 4.79 Å². The van der Waals surface area contributed by atoms with Gasteiger partial charge < -0.3 is 9.88 Å². The Kier molecular flexibility index (Phi) is 3.77. The Morgan fingerprint density at radius 2 is 2.05 bits per heavy atom. The molecule has 0 radical (unpaired) electrons. The zero-order valence-electron chi connectivity index (χ0n) is 12.1. The van der Waals surface area contributed by atoms with Crippen molar-refractivity contribution in [2.75, 3.05) is 11.9 Å². The van der Waals surface area contributed by atoms with Gasteiger partial charge in [0.25, 0.3) is 0 Å². The van der Waals surface area contributed by atoms with Gasteiger partial charge in [0.05, 0.1) is 0 Å². The highest BCUT2D eigenvalue weighted by Crippen LogP contribution is 2.28. The quantitative estimate of drug-likeness (QED) is 0.895. The molecular weight excluding hydrogens is 248 g/mol. The van der Waals surface area contributed by atoms with E-state index in [1.807, 2.05) is 31.4 Å². The van der Waals surface area contributed by atoms with Gasteiger partial charge in [-0.3, -0.25) is 4.79 Å². The molecule has 106 valence electrons. The van der Waals surface area contributed by atoms with Gasteiger partial charge in [0, 0.05) is 30.9 Å². The van der Waals surface area contributed by atoms with Crippen molar-refractivity contribution in [1.29, 1.82) is 0 Å². The number of benzene rings is 1. The Balaban J connectivity index is 1.70. The minimum absolute atomic E-state index is 0.239. The fourth-order valence-corrected chi connectivity index (χ4v) is 3.16. The van der Waals surface area contributed by atoms with Crippen LogP contribution in [0.1, 0.15) is 38.5 Å². The molecule has 1 saturated carbocycles. The molecule has 0 bridgehead atoms. The number of nitrogens with one attached hydrogen (secondary N) is 1. The monoisotopic (exact) mass is 270 g/mol. The SMILES string of the molecule is CN(C(=O)CC1CCCCC1)c1ccc2cc[nH]c2c1. The molecule has 1 aromatic carbocycles. The van der Waals surface area contributed by atoms with Crippen molar-refractivity contribution in [1.82, 2.24) is 4.98 Å². The van der Waals surface area contributed by atoms with E-state index in [0.29, 0.717) is 12.3 Å². The van der Waals surface area contributed by atoms with Gasteiger partial charge in [-0.2, -0.15) is 0 Å². The predicted molar refractivity (Wildman–Crippen MR) is 82.9 cm³/mol. The lowest BCUT2D eigenvalue weighted by molar-refractivity contribution is -0.119. The van der Waals surface area contributed by atoms with Gasteiger partial charge in [-0.25, -0.2) is 0 Å². The molecule has 3 nitrogen and oxygen atoms in total. The van der Waals surface area contributed by atoms with E-state index >= 15 is 0 Å².